The first-order valence-electron chi connectivity index (χ1n) is 6.45. The first-order valence-corrected chi connectivity index (χ1v) is 6.45. The van der Waals surface area contributed by atoms with Crippen molar-refractivity contribution in [3.05, 3.63) is 11.7 Å². The fourth-order valence-corrected chi connectivity index (χ4v) is 2.03. The Morgan fingerprint density at radius 3 is 3.16 bits per heavy atom. The molecule has 1 aromatic heterocycles. The molecular formula is C12H19N3O4. The van der Waals surface area contributed by atoms with E-state index in [-0.39, 0.29) is 5.97 Å². The van der Waals surface area contributed by atoms with Crippen molar-refractivity contribution in [3.8, 4) is 0 Å². The molecule has 2 rings (SSSR count). The molecule has 1 unspecified atom stereocenters. The van der Waals surface area contributed by atoms with Crippen LogP contribution < -0.4 is 0 Å². The van der Waals surface area contributed by atoms with Crippen LogP contribution >= 0.6 is 0 Å². The van der Waals surface area contributed by atoms with E-state index < -0.39 is 6.04 Å². The van der Waals surface area contributed by atoms with Gasteiger partial charge >= 0.3 is 5.97 Å². The quantitative estimate of drug-likeness (QED) is 0.716. The van der Waals surface area contributed by atoms with Gasteiger partial charge in [-0.15, -0.1) is 0 Å². The molecule has 0 bridgehead atoms. The summed E-state index contributed by atoms with van der Waals surface area (Å²) in [5, 5.41) is 3.90. The summed E-state index contributed by atoms with van der Waals surface area (Å²) in [6, 6.07) is -0.403. The molecule has 106 valence electrons. The van der Waals surface area contributed by atoms with E-state index in [2.05, 4.69) is 17.1 Å². The summed E-state index contributed by atoms with van der Waals surface area (Å²) >= 11 is 0. The highest BCUT2D eigenvalue weighted by Crippen LogP contribution is 2.13. The molecule has 1 aliphatic rings. The molecule has 1 atom stereocenters. The smallest absolute Gasteiger partial charge is 0.325 e. The topological polar surface area (TPSA) is 77.7 Å². The van der Waals surface area contributed by atoms with Crippen molar-refractivity contribution in [1.82, 2.24) is 15.0 Å². The Hall–Kier alpha value is -1.47. The maximum atomic E-state index is 11.7. The van der Waals surface area contributed by atoms with Gasteiger partial charge in [0.15, 0.2) is 5.82 Å². The minimum absolute atomic E-state index is 0.298. The SMILES string of the molecule is CCCc1noc(CN2CCOCC2C(=O)OC)n1. The summed E-state index contributed by atoms with van der Waals surface area (Å²) in [5.41, 5.74) is 0. The molecule has 0 spiro atoms. The van der Waals surface area contributed by atoms with Crippen LogP contribution in [-0.2, 0) is 27.2 Å². The molecule has 7 nitrogen and oxygen atoms in total. The zero-order valence-electron chi connectivity index (χ0n) is 11.3. The lowest BCUT2D eigenvalue weighted by Crippen LogP contribution is -2.49. The van der Waals surface area contributed by atoms with E-state index in [0.29, 0.717) is 38.0 Å². The number of rotatable bonds is 5. The van der Waals surface area contributed by atoms with Gasteiger partial charge in [-0.05, 0) is 6.42 Å². The summed E-state index contributed by atoms with van der Waals surface area (Å²) in [4.78, 5) is 17.9. The lowest BCUT2D eigenvalue weighted by Gasteiger charge is -2.32. The summed E-state index contributed by atoms with van der Waals surface area (Å²) in [6.45, 7) is 4.07. The number of hydrogen-bond acceptors (Lipinski definition) is 7. The van der Waals surface area contributed by atoms with Crippen LogP contribution in [0.2, 0.25) is 0 Å². The molecule has 2 heterocycles. The van der Waals surface area contributed by atoms with Crippen LogP contribution in [0.15, 0.2) is 4.52 Å². The number of hydrogen-bond donors (Lipinski definition) is 0. The van der Waals surface area contributed by atoms with Gasteiger partial charge < -0.3 is 14.0 Å². The Morgan fingerprint density at radius 1 is 1.58 bits per heavy atom. The number of aryl methyl sites for hydroxylation is 1. The largest absolute Gasteiger partial charge is 0.468 e. The number of aromatic nitrogens is 2. The molecule has 0 aromatic carbocycles. The Morgan fingerprint density at radius 2 is 2.42 bits per heavy atom. The average Bonchev–Trinajstić information content (AvgIpc) is 2.86. The van der Waals surface area contributed by atoms with Crippen LogP contribution in [0.1, 0.15) is 25.1 Å². The third kappa shape index (κ3) is 3.51. The van der Waals surface area contributed by atoms with Crippen LogP contribution in [0.5, 0.6) is 0 Å². The van der Waals surface area contributed by atoms with Crippen molar-refractivity contribution in [1.29, 1.82) is 0 Å². The number of morpholine rings is 1. The Labute approximate surface area is 111 Å². The molecule has 0 aliphatic carbocycles. The molecule has 1 aromatic rings. The van der Waals surface area contributed by atoms with Gasteiger partial charge in [-0.25, -0.2) is 0 Å². The molecule has 0 N–H and O–H groups in total. The molecule has 1 saturated heterocycles. The predicted octanol–water partition coefficient (Wildman–Crippen LogP) is 0.396. The Balaban J connectivity index is 2.00. The van der Waals surface area contributed by atoms with Gasteiger partial charge in [0.2, 0.25) is 5.89 Å². The third-order valence-electron chi connectivity index (χ3n) is 3.03. The van der Waals surface area contributed by atoms with Gasteiger partial charge in [0.1, 0.15) is 6.04 Å². The summed E-state index contributed by atoms with van der Waals surface area (Å²) in [6.07, 6.45) is 1.77. The fourth-order valence-electron chi connectivity index (χ4n) is 2.03. The van der Waals surface area contributed by atoms with Gasteiger partial charge in [0.25, 0.3) is 0 Å². The molecule has 0 radical (unpaired) electrons. The van der Waals surface area contributed by atoms with E-state index in [1.165, 1.54) is 7.11 Å². The Kier molecular flexibility index (Phi) is 4.86. The van der Waals surface area contributed by atoms with Gasteiger partial charge in [-0.3, -0.25) is 9.69 Å². The fraction of sp³-hybridized carbons (Fsp3) is 0.750. The van der Waals surface area contributed by atoms with E-state index >= 15 is 0 Å². The lowest BCUT2D eigenvalue weighted by atomic mass is 10.2. The minimum Gasteiger partial charge on any atom is -0.468 e. The molecule has 1 aliphatic heterocycles. The second-order valence-corrected chi connectivity index (χ2v) is 4.44. The second-order valence-electron chi connectivity index (χ2n) is 4.44. The zero-order valence-corrected chi connectivity index (χ0v) is 11.3. The van der Waals surface area contributed by atoms with Gasteiger partial charge in [0, 0.05) is 13.0 Å². The maximum Gasteiger partial charge on any atom is 0.325 e. The second kappa shape index (κ2) is 6.63. The highest BCUT2D eigenvalue weighted by atomic mass is 16.5. The standard InChI is InChI=1S/C12H19N3O4/c1-3-4-10-13-11(19-14-10)7-15-5-6-18-8-9(15)12(16)17-2/h9H,3-8H2,1-2H3. The highest BCUT2D eigenvalue weighted by molar-refractivity contribution is 5.75. The summed E-state index contributed by atoms with van der Waals surface area (Å²) in [7, 11) is 1.38. The van der Waals surface area contributed by atoms with Gasteiger partial charge in [-0.1, -0.05) is 12.1 Å². The maximum absolute atomic E-state index is 11.7. The number of carbonyl (C=O) groups is 1. The van der Waals surface area contributed by atoms with Crippen molar-refractivity contribution >= 4 is 5.97 Å². The van der Waals surface area contributed by atoms with Gasteiger partial charge in [-0.2, -0.15) is 4.98 Å². The van der Waals surface area contributed by atoms with Crippen LogP contribution in [0.4, 0.5) is 0 Å². The molecule has 0 amide bonds. The first kappa shape index (κ1) is 14.0. The lowest BCUT2D eigenvalue weighted by molar-refractivity contribution is -0.153. The monoisotopic (exact) mass is 269 g/mol. The van der Waals surface area contributed by atoms with Crippen molar-refractivity contribution in [2.75, 3.05) is 26.9 Å². The minimum atomic E-state index is -0.403. The zero-order chi connectivity index (χ0) is 13.7. The van der Waals surface area contributed by atoms with E-state index in [9.17, 15) is 4.79 Å². The number of nitrogens with zero attached hydrogens (tertiary/aromatic N) is 3. The van der Waals surface area contributed by atoms with E-state index in [0.717, 1.165) is 12.8 Å². The van der Waals surface area contributed by atoms with E-state index in [1.807, 2.05) is 4.90 Å². The third-order valence-corrected chi connectivity index (χ3v) is 3.03. The van der Waals surface area contributed by atoms with Crippen LogP contribution in [-0.4, -0.2) is 53.9 Å². The average molecular weight is 269 g/mol. The van der Waals surface area contributed by atoms with Crippen molar-refractivity contribution in [2.24, 2.45) is 0 Å². The molecular weight excluding hydrogens is 250 g/mol. The van der Waals surface area contributed by atoms with E-state index in [4.69, 9.17) is 14.0 Å². The molecule has 7 heteroatoms. The number of methoxy groups -OCH3 is 1. The molecule has 19 heavy (non-hydrogen) atoms. The highest BCUT2D eigenvalue weighted by Gasteiger charge is 2.31. The number of esters is 1. The summed E-state index contributed by atoms with van der Waals surface area (Å²) in [5.74, 6) is 0.938. The van der Waals surface area contributed by atoms with Crippen molar-refractivity contribution < 1.29 is 18.8 Å². The normalized spacial score (nSPS) is 20.4. The van der Waals surface area contributed by atoms with E-state index in [1.54, 1.807) is 0 Å². The molecule has 1 fully saturated rings. The first-order chi connectivity index (χ1) is 9.24. The van der Waals surface area contributed by atoms with Crippen LogP contribution in [0.3, 0.4) is 0 Å². The van der Waals surface area contributed by atoms with Crippen LogP contribution in [0, 0.1) is 0 Å². The van der Waals surface area contributed by atoms with Crippen molar-refractivity contribution in [3.63, 3.8) is 0 Å². The summed E-state index contributed by atoms with van der Waals surface area (Å²) < 4.78 is 15.3. The molecule has 0 saturated carbocycles. The van der Waals surface area contributed by atoms with Crippen LogP contribution in [0.25, 0.3) is 0 Å². The van der Waals surface area contributed by atoms with Crippen molar-refractivity contribution in [2.45, 2.75) is 32.4 Å². The Bertz CT molecular complexity index is 421. The van der Waals surface area contributed by atoms with Gasteiger partial charge in [0.05, 0.1) is 26.9 Å². The predicted molar refractivity (Wildman–Crippen MR) is 65.3 cm³/mol. The number of ether oxygens (including phenoxy) is 2. The number of carbonyl (C=O) groups excluding carboxylic acids is 1.